The van der Waals surface area contributed by atoms with Crippen LogP contribution < -0.4 is 10.1 Å². The van der Waals surface area contributed by atoms with Gasteiger partial charge in [-0.2, -0.15) is 13.2 Å². The Hall–Kier alpha value is -2.12. The molecule has 0 heterocycles. The van der Waals surface area contributed by atoms with Crippen molar-refractivity contribution in [3.63, 3.8) is 0 Å². The van der Waals surface area contributed by atoms with Crippen LogP contribution in [0.25, 0.3) is 0 Å². The Labute approximate surface area is 130 Å². The van der Waals surface area contributed by atoms with Crippen LogP contribution in [0.2, 0.25) is 0 Å². The van der Waals surface area contributed by atoms with Crippen LogP contribution in [0.15, 0.2) is 12.1 Å². The predicted molar refractivity (Wildman–Crippen MR) is 74.9 cm³/mol. The number of aryl methyl sites for hydroxylation is 1. The van der Waals surface area contributed by atoms with Crippen LogP contribution in [0.1, 0.15) is 36.2 Å². The smallest absolute Gasteiger partial charge is 0.471 e. The monoisotopic (exact) mass is 335 g/mol. The first-order chi connectivity index (χ1) is 10.7. The SMILES string of the molecule is CC.COc1cc2c(cc1F)CCC(NC(=O)C(F)(F)F)C2=O. The van der Waals surface area contributed by atoms with Crippen molar-refractivity contribution in [3.05, 3.63) is 29.1 Å². The van der Waals surface area contributed by atoms with Gasteiger partial charge in [-0.25, -0.2) is 4.39 Å². The van der Waals surface area contributed by atoms with Crippen molar-refractivity contribution in [1.82, 2.24) is 5.32 Å². The molecule has 0 saturated carbocycles. The number of carbonyl (C=O) groups excluding carboxylic acids is 2. The van der Waals surface area contributed by atoms with Gasteiger partial charge in [0, 0.05) is 5.56 Å². The van der Waals surface area contributed by atoms with E-state index in [1.165, 1.54) is 7.11 Å². The molecule has 1 amide bonds. The molecule has 0 fully saturated rings. The minimum absolute atomic E-state index is 0.0145. The number of carbonyl (C=O) groups is 2. The van der Waals surface area contributed by atoms with E-state index in [2.05, 4.69) is 0 Å². The number of rotatable bonds is 2. The number of Topliss-reactive ketones (excluding diaryl/α,β-unsaturated/α-hetero) is 1. The lowest BCUT2D eigenvalue weighted by atomic mass is 9.86. The van der Waals surface area contributed by atoms with Gasteiger partial charge in [0.2, 0.25) is 0 Å². The highest BCUT2D eigenvalue weighted by atomic mass is 19.4. The van der Waals surface area contributed by atoms with Gasteiger partial charge in [-0.1, -0.05) is 13.8 Å². The second-order valence-corrected chi connectivity index (χ2v) is 4.57. The topological polar surface area (TPSA) is 55.4 Å². The van der Waals surface area contributed by atoms with Gasteiger partial charge < -0.3 is 10.1 Å². The molecule has 0 radical (unpaired) electrons. The van der Waals surface area contributed by atoms with Gasteiger partial charge in [-0.05, 0) is 30.5 Å². The Balaban J connectivity index is 0.00000127. The summed E-state index contributed by atoms with van der Waals surface area (Å²) in [6, 6.07) is 0.981. The molecule has 1 atom stereocenters. The minimum Gasteiger partial charge on any atom is -0.494 e. The molecule has 0 saturated heterocycles. The van der Waals surface area contributed by atoms with Crippen molar-refractivity contribution in [2.24, 2.45) is 0 Å². The van der Waals surface area contributed by atoms with Crippen LogP contribution in [-0.2, 0) is 11.2 Å². The van der Waals surface area contributed by atoms with Crippen molar-refractivity contribution in [2.45, 2.75) is 38.9 Å². The van der Waals surface area contributed by atoms with Gasteiger partial charge in [0.05, 0.1) is 13.2 Å². The van der Waals surface area contributed by atoms with Crippen LogP contribution in [0.4, 0.5) is 17.6 Å². The van der Waals surface area contributed by atoms with Gasteiger partial charge in [0.1, 0.15) is 0 Å². The Morgan fingerprint density at radius 2 is 1.91 bits per heavy atom. The zero-order valence-electron chi connectivity index (χ0n) is 12.9. The second-order valence-electron chi connectivity index (χ2n) is 4.57. The fourth-order valence-corrected chi connectivity index (χ4v) is 2.18. The Morgan fingerprint density at radius 3 is 2.43 bits per heavy atom. The van der Waals surface area contributed by atoms with Gasteiger partial charge in [0.15, 0.2) is 17.3 Å². The molecule has 8 heteroatoms. The van der Waals surface area contributed by atoms with Gasteiger partial charge in [0.25, 0.3) is 0 Å². The number of hydrogen-bond acceptors (Lipinski definition) is 3. The summed E-state index contributed by atoms with van der Waals surface area (Å²) in [6.07, 6.45) is -4.88. The van der Waals surface area contributed by atoms with E-state index in [0.717, 1.165) is 12.1 Å². The van der Waals surface area contributed by atoms with Crippen LogP contribution in [0.3, 0.4) is 0 Å². The molecule has 1 N–H and O–H groups in total. The molecule has 2 rings (SSSR count). The number of ketones is 1. The lowest BCUT2D eigenvalue weighted by Crippen LogP contribution is -2.48. The number of benzene rings is 1. The average molecular weight is 335 g/mol. The van der Waals surface area contributed by atoms with Gasteiger partial charge in [-0.3, -0.25) is 9.59 Å². The van der Waals surface area contributed by atoms with Crippen molar-refractivity contribution in [2.75, 3.05) is 7.11 Å². The number of nitrogens with one attached hydrogen (secondary N) is 1. The van der Waals surface area contributed by atoms with Gasteiger partial charge >= 0.3 is 12.1 Å². The van der Waals surface area contributed by atoms with E-state index in [1.54, 1.807) is 5.32 Å². The molecule has 1 aliphatic carbocycles. The molecule has 0 spiro atoms. The molecule has 1 aliphatic rings. The molecule has 0 aromatic heterocycles. The number of ether oxygens (including phenoxy) is 1. The highest BCUT2D eigenvalue weighted by molar-refractivity contribution is 6.04. The lowest BCUT2D eigenvalue weighted by molar-refractivity contribution is -0.174. The van der Waals surface area contributed by atoms with Crippen LogP contribution in [-0.4, -0.2) is 31.0 Å². The van der Waals surface area contributed by atoms with E-state index in [4.69, 9.17) is 4.74 Å². The summed E-state index contributed by atoms with van der Waals surface area (Å²) >= 11 is 0. The summed E-state index contributed by atoms with van der Waals surface area (Å²) in [4.78, 5) is 23.0. The minimum atomic E-state index is -5.05. The number of methoxy groups -OCH3 is 1. The van der Waals surface area contributed by atoms with E-state index in [9.17, 15) is 27.2 Å². The fraction of sp³-hybridized carbons (Fsp3) is 0.467. The third-order valence-electron chi connectivity index (χ3n) is 3.22. The molecule has 1 aromatic rings. The molecule has 23 heavy (non-hydrogen) atoms. The highest BCUT2D eigenvalue weighted by Crippen LogP contribution is 2.28. The van der Waals surface area contributed by atoms with E-state index in [0.29, 0.717) is 5.56 Å². The Morgan fingerprint density at radius 1 is 1.30 bits per heavy atom. The number of halogens is 4. The summed E-state index contributed by atoms with van der Waals surface area (Å²) in [6.45, 7) is 4.00. The van der Waals surface area contributed by atoms with Gasteiger partial charge in [-0.15, -0.1) is 0 Å². The normalized spacial score (nSPS) is 16.8. The predicted octanol–water partition coefficient (Wildman–Crippen LogP) is 3.04. The lowest BCUT2D eigenvalue weighted by Gasteiger charge is -2.25. The van der Waals surface area contributed by atoms with Crippen molar-refractivity contribution in [3.8, 4) is 5.75 Å². The van der Waals surface area contributed by atoms with Crippen molar-refractivity contribution < 1.29 is 31.9 Å². The van der Waals surface area contributed by atoms with Crippen molar-refractivity contribution in [1.29, 1.82) is 0 Å². The molecule has 1 aromatic carbocycles. The van der Waals surface area contributed by atoms with E-state index in [-0.39, 0.29) is 24.2 Å². The number of hydrogen-bond donors (Lipinski definition) is 1. The summed E-state index contributed by atoms with van der Waals surface area (Å²) in [5, 5.41) is 1.65. The maximum Gasteiger partial charge on any atom is 0.471 e. The Bertz CT molecular complexity index is 599. The molecular formula is C15H17F4NO3. The summed E-state index contributed by atoms with van der Waals surface area (Å²) in [5.74, 6) is -3.68. The first kappa shape index (κ1) is 18.9. The molecule has 128 valence electrons. The third kappa shape index (κ3) is 4.20. The fourth-order valence-electron chi connectivity index (χ4n) is 2.18. The average Bonchev–Trinajstić information content (AvgIpc) is 2.50. The molecular weight excluding hydrogens is 318 g/mol. The van der Waals surface area contributed by atoms with E-state index >= 15 is 0 Å². The number of alkyl halides is 3. The zero-order valence-corrected chi connectivity index (χ0v) is 12.9. The third-order valence-corrected chi connectivity index (χ3v) is 3.22. The molecule has 4 nitrogen and oxygen atoms in total. The largest absolute Gasteiger partial charge is 0.494 e. The first-order valence-electron chi connectivity index (χ1n) is 7.02. The molecule has 1 unspecified atom stereocenters. The summed E-state index contributed by atoms with van der Waals surface area (Å²) < 4.78 is 54.9. The first-order valence-corrected chi connectivity index (χ1v) is 7.02. The maximum atomic E-state index is 13.5. The quantitative estimate of drug-likeness (QED) is 0.845. The number of amides is 1. The second kappa shape index (κ2) is 7.43. The molecule has 0 aliphatic heterocycles. The summed E-state index contributed by atoms with van der Waals surface area (Å²) in [7, 11) is 1.21. The zero-order chi connectivity index (χ0) is 17.8. The standard InChI is InChI=1S/C13H11F4NO3.C2H6/c1-21-10-5-7-6(4-8(10)14)2-3-9(11(7)19)18-12(20)13(15,16)17;1-2/h4-5,9H,2-3H2,1H3,(H,18,20);1-2H3. The highest BCUT2D eigenvalue weighted by Gasteiger charge is 2.41. The molecule has 0 bridgehead atoms. The van der Waals surface area contributed by atoms with Crippen molar-refractivity contribution >= 4 is 11.7 Å². The Kier molecular flexibility index (Phi) is 6.12. The van der Waals surface area contributed by atoms with Crippen LogP contribution in [0.5, 0.6) is 5.75 Å². The van der Waals surface area contributed by atoms with E-state index < -0.39 is 29.7 Å². The number of fused-ring (bicyclic) bond motifs is 1. The van der Waals surface area contributed by atoms with E-state index in [1.807, 2.05) is 13.8 Å². The maximum absolute atomic E-state index is 13.5. The van der Waals surface area contributed by atoms with Crippen LogP contribution in [0, 0.1) is 5.82 Å². The summed E-state index contributed by atoms with van der Waals surface area (Å²) in [5.41, 5.74) is 0.447. The van der Waals surface area contributed by atoms with Crippen LogP contribution >= 0.6 is 0 Å².